The molecule has 0 bridgehead atoms. The van der Waals surface area contributed by atoms with Crippen molar-refractivity contribution >= 4 is 40.4 Å². The monoisotopic (exact) mass is 280 g/mol. The molecular formula is C13H10Cl2N2O. The van der Waals surface area contributed by atoms with Crippen molar-refractivity contribution in [2.75, 3.05) is 11.5 Å². The predicted molar refractivity (Wildman–Crippen MR) is 75.2 cm³/mol. The van der Waals surface area contributed by atoms with E-state index in [1.807, 2.05) is 6.07 Å². The van der Waals surface area contributed by atoms with Crippen molar-refractivity contribution in [3.63, 3.8) is 0 Å². The zero-order valence-electron chi connectivity index (χ0n) is 9.28. The van der Waals surface area contributed by atoms with Gasteiger partial charge in [-0.05, 0) is 6.07 Å². The minimum Gasteiger partial charge on any atom is -0.396 e. The van der Waals surface area contributed by atoms with Crippen molar-refractivity contribution in [2.24, 2.45) is 0 Å². The van der Waals surface area contributed by atoms with Gasteiger partial charge in [0.05, 0.1) is 21.4 Å². The van der Waals surface area contributed by atoms with E-state index in [9.17, 15) is 4.79 Å². The van der Waals surface area contributed by atoms with E-state index in [1.165, 1.54) is 6.07 Å². The second kappa shape index (κ2) is 4.88. The molecule has 5 heteroatoms. The number of halogens is 2. The average molecular weight is 281 g/mol. The highest BCUT2D eigenvalue weighted by Crippen LogP contribution is 2.35. The Kier molecular flexibility index (Phi) is 3.45. The third-order valence-electron chi connectivity index (χ3n) is 2.57. The topological polar surface area (TPSA) is 69.1 Å². The van der Waals surface area contributed by atoms with Gasteiger partial charge < -0.3 is 11.5 Å². The highest BCUT2D eigenvalue weighted by Gasteiger charge is 2.18. The van der Waals surface area contributed by atoms with Crippen LogP contribution in [0.15, 0.2) is 36.4 Å². The van der Waals surface area contributed by atoms with Gasteiger partial charge in [0.1, 0.15) is 0 Å². The smallest absolute Gasteiger partial charge is 0.194 e. The van der Waals surface area contributed by atoms with E-state index >= 15 is 0 Å². The standard InChI is InChI=1S/C13H10Cl2N2O/c14-9-6-8(10(15)12(17)11(9)16)13(18)7-4-2-1-3-5-7/h1-6H,16-17H2. The minimum absolute atomic E-state index is 0.128. The summed E-state index contributed by atoms with van der Waals surface area (Å²) < 4.78 is 0. The fourth-order valence-electron chi connectivity index (χ4n) is 1.57. The molecule has 2 aromatic carbocycles. The Bertz CT molecular complexity index is 612. The van der Waals surface area contributed by atoms with Gasteiger partial charge >= 0.3 is 0 Å². The predicted octanol–water partition coefficient (Wildman–Crippen LogP) is 3.39. The van der Waals surface area contributed by atoms with E-state index in [0.29, 0.717) is 5.56 Å². The number of carbonyl (C=O) groups is 1. The lowest BCUT2D eigenvalue weighted by molar-refractivity contribution is 0.103. The maximum atomic E-state index is 12.2. The summed E-state index contributed by atoms with van der Waals surface area (Å²) in [4.78, 5) is 12.2. The van der Waals surface area contributed by atoms with Crippen LogP contribution in [0.4, 0.5) is 11.4 Å². The fraction of sp³-hybridized carbons (Fsp3) is 0. The largest absolute Gasteiger partial charge is 0.396 e. The van der Waals surface area contributed by atoms with Gasteiger partial charge in [-0.15, -0.1) is 0 Å². The first-order chi connectivity index (χ1) is 8.52. The molecule has 4 N–H and O–H groups in total. The van der Waals surface area contributed by atoms with E-state index in [4.69, 9.17) is 34.7 Å². The van der Waals surface area contributed by atoms with Crippen molar-refractivity contribution in [3.05, 3.63) is 57.6 Å². The van der Waals surface area contributed by atoms with Crippen molar-refractivity contribution < 1.29 is 4.79 Å². The van der Waals surface area contributed by atoms with Crippen molar-refractivity contribution in [2.45, 2.75) is 0 Å². The number of nitrogen functional groups attached to an aromatic ring is 2. The number of rotatable bonds is 2. The highest BCUT2D eigenvalue weighted by atomic mass is 35.5. The number of hydrogen-bond donors (Lipinski definition) is 2. The van der Waals surface area contributed by atoms with Crippen LogP contribution < -0.4 is 11.5 Å². The lowest BCUT2D eigenvalue weighted by atomic mass is 10.0. The first-order valence-electron chi connectivity index (χ1n) is 5.15. The van der Waals surface area contributed by atoms with E-state index in [0.717, 1.165) is 0 Å². The molecule has 2 aromatic rings. The lowest BCUT2D eigenvalue weighted by Gasteiger charge is -2.10. The van der Waals surface area contributed by atoms with Crippen LogP contribution in [0, 0.1) is 0 Å². The molecule has 0 radical (unpaired) electrons. The number of ketones is 1. The summed E-state index contributed by atoms with van der Waals surface area (Å²) in [5, 5.41) is 0.349. The Balaban J connectivity index is 2.56. The minimum atomic E-state index is -0.241. The van der Waals surface area contributed by atoms with E-state index < -0.39 is 0 Å². The molecular weight excluding hydrogens is 271 g/mol. The Morgan fingerprint density at radius 2 is 1.61 bits per heavy atom. The van der Waals surface area contributed by atoms with Gasteiger partial charge in [-0.1, -0.05) is 53.5 Å². The summed E-state index contributed by atoms with van der Waals surface area (Å²) in [7, 11) is 0. The summed E-state index contributed by atoms with van der Waals surface area (Å²) in [6.07, 6.45) is 0. The second-order valence-corrected chi connectivity index (χ2v) is 4.53. The summed E-state index contributed by atoms with van der Waals surface area (Å²) in [6, 6.07) is 10.2. The Morgan fingerprint density at radius 3 is 2.22 bits per heavy atom. The molecule has 0 aliphatic rings. The van der Waals surface area contributed by atoms with Crippen molar-refractivity contribution in [1.82, 2.24) is 0 Å². The van der Waals surface area contributed by atoms with Gasteiger partial charge in [-0.2, -0.15) is 0 Å². The lowest BCUT2D eigenvalue weighted by Crippen LogP contribution is -2.06. The maximum absolute atomic E-state index is 12.2. The van der Waals surface area contributed by atoms with Crippen LogP contribution in [0.3, 0.4) is 0 Å². The Labute approximate surface area is 114 Å². The number of hydrogen-bond acceptors (Lipinski definition) is 3. The van der Waals surface area contributed by atoms with E-state index in [1.54, 1.807) is 24.3 Å². The zero-order valence-corrected chi connectivity index (χ0v) is 10.8. The third kappa shape index (κ3) is 2.15. The zero-order chi connectivity index (χ0) is 13.3. The molecule has 2 rings (SSSR count). The van der Waals surface area contributed by atoms with Gasteiger partial charge in [0.25, 0.3) is 0 Å². The van der Waals surface area contributed by atoms with Crippen LogP contribution >= 0.6 is 23.2 Å². The van der Waals surface area contributed by atoms with Gasteiger partial charge in [-0.3, -0.25) is 4.79 Å². The molecule has 0 aliphatic heterocycles. The number of carbonyl (C=O) groups excluding carboxylic acids is 1. The molecule has 0 heterocycles. The summed E-state index contributed by atoms with van der Waals surface area (Å²) in [6.45, 7) is 0. The molecule has 0 atom stereocenters. The van der Waals surface area contributed by atoms with Crippen LogP contribution in [-0.4, -0.2) is 5.78 Å². The van der Waals surface area contributed by atoms with Gasteiger partial charge in [-0.25, -0.2) is 0 Å². The van der Waals surface area contributed by atoms with Crippen molar-refractivity contribution in [3.8, 4) is 0 Å². The SMILES string of the molecule is Nc1c(Cl)cc(C(=O)c2ccccc2)c(Cl)c1N. The quantitative estimate of drug-likeness (QED) is 0.654. The number of anilines is 2. The van der Waals surface area contributed by atoms with Crippen LogP contribution in [0.5, 0.6) is 0 Å². The Hall–Kier alpha value is -1.71. The van der Waals surface area contributed by atoms with Gasteiger partial charge in [0.2, 0.25) is 0 Å². The molecule has 0 aliphatic carbocycles. The summed E-state index contributed by atoms with van der Waals surface area (Å²) >= 11 is 11.9. The van der Waals surface area contributed by atoms with Crippen LogP contribution in [0.1, 0.15) is 15.9 Å². The molecule has 0 fully saturated rings. The number of benzene rings is 2. The molecule has 0 saturated heterocycles. The van der Waals surface area contributed by atoms with Crippen LogP contribution in [0.25, 0.3) is 0 Å². The Morgan fingerprint density at radius 1 is 1.00 bits per heavy atom. The summed E-state index contributed by atoms with van der Waals surface area (Å²) in [5.74, 6) is -0.241. The average Bonchev–Trinajstić information content (AvgIpc) is 2.41. The molecule has 0 saturated carbocycles. The molecule has 0 aromatic heterocycles. The van der Waals surface area contributed by atoms with Gasteiger partial charge in [0.15, 0.2) is 5.78 Å². The van der Waals surface area contributed by atoms with Crippen LogP contribution in [-0.2, 0) is 0 Å². The van der Waals surface area contributed by atoms with E-state index in [-0.39, 0.29) is 32.8 Å². The van der Waals surface area contributed by atoms with Crippen molar-refractivity contribution in [1.29, 1.82) is 0 Å². The molecule has 0 unspecified atom stereocenters. The molecule has 0 amide bonds. The third-order valence-corrected chi connectivity index (χ3v) is 3.29. The summed E-state index contributed by atoms with van der Waals surface area (Å²) in [5.41, 5.74) is 12.4. The highest BCUT2D eigenvalue weighted by molar-refractivity contribution is 6.41. The molecule has 18 heavy (non-hydrogen) atoms. The molecule has 3 nitrogen and oxygen atoms in total. The number of nitrogens with two attached hydrogens (primary N) is 2. The molecule has 92 valence electrons. The first-order valence-corrected chi connectivity index (χ1v) is 5.90. The van der Waals surface area contributed by atoms with Crippen LogP contribution in [0.2, 0.25) is 10.0 Å². The maximum Gasteiger partial charge on any atom is 0.194 e. The van der Waals surface area contributed by atoms with E-state index in [2.05, 4.69) is 0 Å². The fourth-order valence-corrected chi connectivity index (χ4v) is 2.02. The second-order valence-electron chi connectivity index (χ2n) is 3.74. The van der Waals surface area contributed by atoms with Gasteiger partial charge in [0, 0.05) is 11.1 Å². The normalized spacial score (nSPS) is 10.3. The molecule has 0 spiro atoms. The first kappa shape index (κ1) is 12.7.